The highest BCUT2D eigenvalue weighted by molar-refractivity contribution is 5.97. The Morgan fingerprint density at radius 2 is 1.96 bits per heavy atom. The summed E-state index contributed by atoms with van der Waals surface area (Å²) in [6.07, 6.45) is 0. The molecule has 0 aliphatic carbocycles. The van der Waals surface area contributed by atoms with E-state index in [4.69, 9.17) is 19.7 Å². The molecule has 114 valence electrons. The number of oxazole rings is 1. The van der Waals surface area contributed by atoms with Gasteiger partial charge in [0.2, 0.25) is 5.76 Å². The lowest BCUT2D eigenvalue weighted by molar-refractivity contribution is 0.0696. The summed E-state index contributed by atoms with van der Waals surface area (Å²) < 4.78 is 25.1. The van der Waals surface area contributed by atoms with Gasteiger partial charge in [-0.25, -0.2) is 14.2 Å². The summed E-state index contributed by atoms with van der Waals surface area (Å²) in [5, 5.41) is 9.66. The molecule has 0 radical (unpaired) electrons. The average molecular weight is 312 g/mol. The minimum absolute atomic E-state index is 0.00450. The van der Waals surface area contributed by atoms with E-state index in [1.807, 2.05) is 6.07 Å². The van der Waals surface area contributed by atoms with Gasteiger partial charge in [-0.2, -0.15) is 0 Å². The number of anilines is 1. The molecule has 0 atom stereocenters. The number of rotatable bonds is 2. The molecule has 2 aromatic heterocycles. The van der Waals surface area contributed by atoms with Gasteiger partial charge in [-0.1, -0.05) is 12.1 Å². The van der Waals surface area contributed by atoms with E-state index < -0.39 is 11.8 Å². The molecule has 0 saturated carbocycles. The third kappa shape index (κ3) is 1.94. The van der Waals surface area contributed by atoms with E-state index in [0.29, 0.717) is 16.7 Å². The Kier molecular flexibility index (Phi) is 2.65. The molecule has 0 bridgehead atoms. The van der Waals surface area contributed by atoms with Crippen LogP contribution >= 0.6 is 0 Å². The number of aromatic nitrogens is 1. The van der Waals surface area contributed by atoms with Crippen LogP contribution in [0.2, 0.25) is 0 Å². The molecule has 0 aliphatic rings. The van der Waals surface area contributed by atoms with Crippen molar-refractivity contribution in [3.63, 3.8) is 0 Å². The second-order valence-electron chi connectivity index (χ2n) is 4.97. The zero-order valence-corrected chi connectivity index (χ0v) is 11.5. The number of carbonyl (C=O) groups is 1. The summed E-state index contributed by atoms with van der Waals surface area (Å²) >= 11 is 0. The van der Waals surface area contributed by atoms with Crippen molar-refractivity contribution >= 4 is 33.7 Å². The van der Waals surface area contributed by atoms with Crippen LogP contribution in [0.25, 0.3) is 33.7 Å². The van der Waals surface area contributed by atoms with Crippen LogP contribution < -0.4 is 5.73 Å². The quantitative estimate of drug-likeness (QED) is 0.585. The standard InChI is InChI=1S/C16H9FN2O4/c17-9-5-7(16(20)21)6-11-13(9)19-15(23-11)14-12(18)8-3-1-2-4-10(8)22-14/h1-6H,18H2,(H,20,21). The van der Waals surface area contributed by atoms with Gasteiger partial charge in [-0.15, -0.1) is 0 Å². The van der Waals surface area contributed by atoms with Crippen LogP contribution in [0.1, 0.15) is 10.4 Å². The smallest absolute Gasteiger partial charge is 0.335 e. The zero-order valence-electron chi connectivity index (χ0n) is 11.5. The number of hydrogen-bond donors (Lipinski definition) is 2. The number of nitrogens with zero attached hydrogens (tertiary/aromatic N) is 1. The highest BCUT2D eigenvalue weighted by Gasteiger charge is 2.21. The first-order chi connectivity index (χ1) is 11.0. The van der Waals surface area contributed by atoms with Gasteiger partial charge < -0.3 is 19.7 Å². The highest BCUT2D eigenvalue weighted by atomic mass is 19.1. The Hall–Kier alpha value is -3.35. The number of furan rings is 1. The van der Waals surface area contributed by atoms with Gasteiger partial charge in [0.15, 0.2) is 11.4 Å². The van der Waals surface area contributed by atoms with Crippen molar-refractivity contribution in [2.24, 2.45) is 0 Å². The maximum Gasteiger partial charge on any atom is 0.335 e. The first-order valence-corrected chi connectivity index (χ1v) is 6.65. The summed E-state index contributed by atoms with van der Waals surface area (Å²) in [6.45, 7) is 0. The molecule has 7 heteroatoms. The Morgan fingerprint density at radius 1 is 1.17 bits per heavy atom. The van der Waals surface area contributed by atoms with E-state index in [1.165, 1.54) is 6.07 Å². The normalized spacial score (nSPS) is 11.3. The van der Waals surface area contributed by atoms with Crippen molar-refractivity contribution in [2.75, 3.05) is 5.73 Å². The van der Waals surface area contributed by atoms with Crippen molar-refractivity contribution < 1.29 is 23.1 Å². The summed E-state index contributed by atoms with van der Waals surface area (Å²) in [6, 6.07) is 9.21. The number of fused-ring (bicyclic) bond motifs is 2. The third-order valence-electron chi connectivity index (χ3n) is 3.52. The number of carboxylic acids is 1. The Balaban J connectivity index is 1.96. The minimum atomic E-state index is -1.26. The molecule has 0 unspecified atom stereocenters. The first kappa shape index (κ1) is 13.3. The maximum atomic E-state index is 14.0. The topological polar surface area (TPSA) is 102 Å². The SMILES string of the molecule is Nc1c(-c2nc3c(F)cc(C(=O)O)cc3o2)oc2ccccc12. The molecule has 4 rings (SSSR count). The number of carboxylic acid groups (broad SMARTS) is 1. The molecule has 2 heterocycles. The Bertz CT molecular complexity index is 1080. The van der Waals surface area contributed by atoms with E-state index in [1.54, 1.807) is 18.2 Å². The molecular weight excluding hydrogens is 303 g/mol. The minimum Gasteiger partial charge on any atom is -0.478 e. The van der Waals surface area contributed by atoms with E-state index in [2.05, 4.69) is 4.98 Å². The van der Waals surface area contributed by atoms with Crippen LogP contribution in [0.5, 0.6) is 0 Å². The van der Waals surface area contributed by atoms with Gasteiger partial charge >= 0.3 is 5.97 Å². The average Bonchev–Trinajstić information content (AvgIpc) is 3.09. The van der Waals surface area contributed by atoms with Gasteiger partial charge in [0.25, 0.3) is 5.89 Å². The lowest BCUT2D eigenvalue weighted by Crippen LogP contribution is -1.96. The van der Waals surface area contributed by atoms with Gasteiger partial charge in [0.1, 0.15) is 11.1 Å². The van der Waals surface area contributed by atoms with Crippen molar-refractivity contribution in [3.05, 3.63) is 47.8 Å². The van der Waals surface area contributed by atoms with Crippen LogP contribution in [-0.4, -0.2) is 16.1 Å². The molecule has 0 aliphatic heterocycles. The summed E-state index contributed by atoms with van der Waals surface area (Å²) in [7, 11) is 0. The number of hydrogen-bond acceptors (Lipinski definition) is 5. The second kappa shape index (κ2) is 4.57. The molecule has 3 N–H and O–H groups in total. The van der Waals surface area contributed by atoms with Crippen LogP contribution in [0.15, 0.2) is 45.2 Å². The van der Waals surface area contributed by atoms with Crippen LogP contribution in [0.3, 0.4) is 0 Å². The van der Waals surface area contributed by atoms with E-state index in [-0.39, 0.29) is 28.3 Å². The van der Waals surface area contributed by atoms with Gasteiger partial charge in [0.05, 0.1) is 11.3 Å². The van der Waals surface area contributed by atoms with Crippen LogP contribution in [0, 0.1) is 5.82 Å². The Labute approximate surface area is 127 Å². The molecule has 0 saturated heterocycles. The first-order valence-electron chi connectivity index (χ1n) is 6.65. The van der Waals surface area contributed by atoms with Crippen LogP contribution in [-0.2, 0) is 0 Å². The summed E-state index contributed by atoms with van der Waals surface area (Å²) in [5.74, 6) is -1.87. The molecule has 0 spiro atoms. The molecule has 6 nitrogen and oxygen atoms in total. The number of para-hydroxylation sites is 1. The largest absolute Gasteiger partial charge is 0.478 e. The number of nitrogen functional groups attached to an aromatic ring is 1. The predicted octanol–water partition coefficient (Wildman–Crippen LogP) is 3.66. The monoisotopic (exact) mass is 312 g/mol. The summed E-state index contributed by atoms with van der Waals surface area (Å²) in [5.41, 5.74) is 6.61. The lowest BCUT2D eigenvalue weighted by atomic mass is 10.2. The molecule has 4 aromatic rings. The lowest BCUT2D eigenvalue weighted by Gasteiger charge is -1.94. The second-order valence-corrected chi connectivity index (χ2v) is 4.97. The maximum absolute atomic E-state index is 14.0. The molecular formula is C16H9FN2O4. The molecule has 2 aromatic carbocycles. The van der Waals surface area contributed by atoms with Crippen molar-refractivity contribution in [1.29, 1.82) is 0 Å². The Morgan fingerprint density at radius 3 is 2.70 bits per heavy atom. The molecule has 23 heavy (non-hydrogen) atoms. The summed E-state index contributed by atoms with van der Waals surface area (Å²) in [4.78, 5) is 15.0. The number of benzene rings is 2. The van der Waals surface area contributed by atoms with Crippen molar-refractivity contribution in [1.82, 2.24) is 4.98 Å². The number of aromatic carboxylic acids is 1. The number of nitrogens with two attached hydrogens (primary N) is 1. The fourth-order valence-corrected chi connectivity index (χ4v) is 2.43. The number of halogens is 1. The van der Waals surface area contributed by atoms with Crippen LogP contribution in [0.4, 0.5) is 10.1 Å². The highest BCUT2D eigenvalue weighted by Crippen LogP contribution is 2.37. The molecule has 0 fully saturated rings. The third-order valence-corrected chi connectivity index (χ3v) is 3.52. The van der Waals surface area contributed by atoms with Crippen molar-refractivity contribution in [2.45, 2.75) is 0 Å². The van der Waals surface area contributed by atoms with E-state index in [9.17, 15) is 9.18 Å². The van der Waals surface area contributed by atoms with Gasteiger partial charge in [0, 0.05) is 5.39 Å². The zero-order chi connectivity index (χ0) is 16.1. The van der Waals surface area contributed by atoms with E-state index >= 15 is 0 Å². The molecule has 0 amide bonds. The van der Waals surface area contributed by atoms with Crippen molar-refractivity contribution in [3.8, 4) is 11.7 Å². The van der Waals surface area contributed by atoms with Gasteiger partial charge in [-0.05, 0) is 24.3 Å². The fraction of sp³-hybridized carbons (Fsp3) is 0. The predicted molar refractivity (Wildman–Crippen MR) is 80.5 cm³/mol. The van der Waals surface area contributed by atoms with E-state index in [0.717, 1.165) is 6.07 Å². The van der Waals surface area contributed by atoms with Gasteiger partial charge in [-0.3, -0.25) is 0 Å². The fourth-order valence-electron chi connectivity index (χ4n) is 2.43.